The molecular formula is C24H30FN3O4. The number of nitrogens with zero attached hydrogens (tertiary/aromatic N) is 3. The summed E-state index contributed by atoms with van der Waals surface area (Å²) in [6.07, 6.45) is 5.24. The minimum Gasteiger partial charge on any atom is -0.494 e. The summed E-state index contributed by atoms with van der Waals surface area (Å²) in [4.78, 5) is 27.4. The molecule has 1 aliphatic carbocycles. The number of carbonyl (C=O) groups excluding carboxylic acids is 1. The van der Waals surface area contributed by atoms with Crippen LogP contribution in [-0.4, -0.2) is 54.0 Å². The summed E-state index contributed by atoms with van der Waals surface area (Å²) in [6, 6.07) is 7.61. The Morgan fingerprint density at radius 1 is 1.09 bits per heavy atom. The molecule has 1 saturated heterocycles. The smallest absolute Gasteiger partial charge is 0.267 e. The number of halogens is 1. The molecule has 7 nitrogen and oxygen atoms in total. The van der Waals surface area contributed by atoms with E-state index in [0.717, 1.165) is 25.7 Å². The van der Waals surface area contributed by atoms with Gasteiger partial charge in [0.25, 0.3) is 5.56 Å². The molecule has 0 radical (unpaired) electrons. The van der Waals surface area contributed by atoms with Crippen molar-refractivity contribution in [2.75, 3.05) is 27.3 Å². The molecule has 0 bridgehead atoms. The summed E-state index contributed by atoms with van der Waals surface area (Å²) >= 11 is 0. The highest BCUT2D eigenvalue weighted by atomic mass is 19.1. The van der Waals surface area contributed by atoms with Gasteiger partial charge in [0.15, 0.2) is 11.6 Å². The molecule has 2 atom stereocenters. The van der Waals surface area contributed by atoms with Gasteiger partial charge in [-0.2, -0.15) is 5.10 Å². The zero-order valence-electron chi connectivity index (χ0n) is 18.6. The summed E-state index contributed by atoms with van der Waals surface area (Å²) < 4.78 is 26.0. The van der Waals surface area contributed by atoms with Gasteiger partial charge >= 0.3 is 0 Å². The second kappa shape index (κ2) is 9.81. The van der Waals surface area contributed by atoms with E-state index in [2.05, 4.69) is 5.10 Å². The molecule has 32 heavy (non-hydrogen) atoms. The molecule has 4 rings (SSSR count). The Morgan fingerprint density at radius 3 is 2.56 bits per heavy atom. The van der Waals surface area contributed by atoms with Crippen LogP contribution in [0.5, 0.6) is 5.75 Å². The van der Waals surface area contributed by atoms with E-state index < -0.39 is 5.82 Å². The SMILES string of the molecule is COc1ccc(-c2ccc(=O)n(C3CCN(C(=O)[C@H]4CCC[C@H](OC)C4)CC3)n2)cc1F. The standard InChI is InChI=1S/C24H30FN3O4/c1-31-19-5-3-4-17(14-19)24(30)27-12-10-18(11-13-27)28-23(29)9-7-21(26-28)16-6-8-22(32-2)20(25)15-16/h6-9,15,17-19H,3-5,10-14H2,1-2H3/t17-,19-/m0/s1. The van der Waals surface area contributed by atoms with Crippen molar-refractivity contribution in [2.24, 2.45) is 5.92 Å². The van der Waals surface area contributed by atoms with Crippen LogP contribution in [0.2, 0.25) is 0 Å². The summed E-state index contributed by atoms with van der Waals surface area (Å²) in [5, 5.41) is 4.52. The van der Waals surface area contributed by atoms with Crippen LogP contribution >= 0.6 is 0 Å². The third kappa shape index (κ3) is 4.70. The number of carbonyl (C=O) groups is 1. The lowest BCUT2D eigenvalue weighted by molar-refractivity contribution is -0.139. The van der Waals surface area contributed by atoms with E-state index in [1.165, 1.54) is 23.9 Å². The molecule has 1 saturated carbocycles. The fourth-order valence-corrected chi connectivity index (χ4v) is 4.84. The van der Waals surface area contributed by atoms with Crippen LogP contribution in [0.25, 0.3) is 11.3 Å². The van der Waals surface area contributed by atoms with Gasteiger partial charge in [-0.25, -0.2) is 9.07 Å². The van der Waals surface area contributed by atoms with Crippen LogP contribution < -0.4 is 10.3 Å². The second-order valence-corrected chi connectivity index (χ2v) is 8.63. The highest BCUT2D eigenvalue weighted by Crippen LogP contribution is 2.30. The molecule has 8 heteroatoms. The molecule has 0 spiro atoms. The normalized spacial score (nSPS) is 22.0. The average Bonchev–Trinajstić information content (AvgIpc) is 2.84. The van der Waals surface area contributed by atoms with Gasteiger partial charge in [-0.1, -0.05) is 6.42 Å². The molecule has 0 unspecified atom stereocenters. The molecule has 1 amide bonds. The maximum absolute atomic E-state index is 14.1. The summed E-state index contributed by atoms with van der Waals surface area (Å²) in [6.45, 7) is 1.21. The van der Waals surface area contributed by atoms with Crippen LogP contribution in [0.1, 0.15) is 44.6 Å². The first-order valence-corrected chi connectivity index (χ1v) is 11.3. The van der Waals surface area contributed by atoms with Crippen molar-refractivity contribution in [3.63, 3.8) is 0 Å². The largest absolute Gasteiger partial charge is 0.494 e. The molecule has 0 N–H and O–H groups in total. The van der Waals surface area contributed by atoms with Crippen molar-refractivity contribution in [2.45, 2.75) is 50.7 Å². The summed E-state index contributed by atoms with van der Waals surface area (Å²) in [5.41, 5.74) is 0.912. The fraction of sp³-hybridized carbons (Fsp3) is 0.542. The van der Waals surface area contributed by atoms with Crippen LogP contribution in [0.4, 0.5) is 4.39 Å². The molecule has 1 aromatic carbocycles. The molecule has 2 fully saturated rings. The second-order valence-electron chi connectivity index (χ2n) is 8.63. The van der Waals surface area contributed by atoms with Gasteiger partial charge in [-0.15, -0.1) is 0 Å². The first-order valence-electron chi connectivity index (χ1n) is 11.3. The molecule has 2 heterocycles. The van der Waals surface area contributed by atoms with Gasteiger partial charge in [-0.3, -0.25) is 9.59 Å². The first-order chi connectivity index (χ1) is 15.5. The van der Waals surface area contributed by atoms with Crippen LogP contribution in [0.3, 0.4) is 0 Å². The van der Waals surface area contributed by atoms with Gasteiger partial charge in [-0.05, 0) is 56.4 Å². The molecule has 2 aromatic rings. The van der Waals surface area contributed by atoms with Gasteiger partial charge in [0.05, 0.1) is 24.9 Å². The lowest BCUT2D eigenvalue weighted by Gasteiger charge is -2.36. The Hall–Kier alpha value is -2.74. The van der Waals surface area contributed by atoms with Crippen molar-refractivity contribution in [1.29, 1.82) is 0 Å². The van der Waals surface area contributed by atoms with Crippen molar-refractivity contribution in [3.8, 4) is 17.0 Å². The fourth-order valence-electron chi connectivity index (χ4n) is 4.84. The number of aromatic nitrogens is 2. The maximum atomic E-state index is 14.1. The Kier molecular flexibility index (Phi) is 6.89. The Morgan fingerprint density at radius 2 is 1.88 bits per heavy atom. The van der Waals surface area contributed by atoms with Gasteiger partial charge < -0.3 is 14.4 Å². The lowest BCUT2D eigenvalue weighted by Crippen LogP contribution is -2.45. The minimum absolute atomic E-state index is 0.0272. The number of ether oxygens (including phenoxy) is 2. The third-order valence-electron chi connectivity index (χ3n) is 6.70. The van der Waals surface area contributed by atoms with Crippen molar-refractivity contribution in [3.05, 3.63) is 46.5 Å². The average molecular weight is 444 g/mol. The number of rotatable bonds is 5. The predicted octanol–water partition coefficient (Wildman–Crippen LogP) is 3.43. The summed E-state index contributed by atoms with van der Waals surface area (Å²) in [7, 11) is 3.12. The van der Waals surface area contributed by atoms with Gasteiger partial charge in [0.2, 0.25) is 5.91 Å². The monoisotopic (exact) mass is 443 g/mol. The van der Waals surface area contributed by atoms with E-state index in [1.54, 1.807) is 25.3 Å². The Bertz CT molecular complexity index is 1020. The predicted molar refractivity (Wildman–Crippen MR) is 118 cm³/mol. The van der Waals surface area contributed by atoms with Gasteiger partial charge in [0, 0.05) is 37.7 Å². The molecule has 1 aliphatic heterocycles. The van der Waals surface area contributed by atoms with E-state index in [1.807, 2.05) is 4.90 Å². The van der Waals surface area contributed by atoms with Crippen molar-refractivity contribution < 1.29 is 18.7 Å². The maximum Gasteiger partial charge on any atom is 0.267 e. The van der Waals surface area contributed by atoms with E-state index in [0.29, 0.717) is 37.2 Å². The topological polar surface area (TPSA) is 73.7 Å². The van der Waals surface area contributed by atoms with E-state index in [4.69, 9.17) is 9.47 Å². The number of hydrogen-bond donors (Lipinski definition) is 0. The quantitative estimate of drug-likeness (QED) is 0.708. The number of likely N-dealkylation sites (tertiary alicyclic amines) is 1. The third-order valence-corrected chi connectivity index (χ3v) is 6.70. The molecule has 1 aromatic heterocycles. The highest BCUT2D eigenvalue weighted by Gasteiger charge is 2.33. The number of piperidine rings is 1. The van der Waals surface area contributed by atoms with E-state index in [-0.39, 0.29) is 35.3 Å². The van der Waals surface area contributed by atoms with Gasteiger partial charge in [0.1, 0.15) is 0 Å². The van der Waals surface area contributed by atoms with Crippen molar-refractivity contribution >= 4 is 5.91 Å². The Balaban J connectivity index is 1.44. The Labute approximate surface area is 187 Å². The van der Waals surface area contributed by atoms with Crippen molar-refractivity contribution in [1.82, 2.24) is 14.7 Å². The van der Waals surface area contributed by atoms with Crippen LogP contribution in [0.15, 0.2) is 35.1 Å². The summed E-state index contributed by atoms with van der Waals surface area (Å²) in [5.74, 6) is -0.0870. The molecular weight excluding hydrogens is 413 g/mol. The molecule has 2 aliphatic rings. The van der Waals surface area contributed by atoms with E-state index >= 15 is 0 Å². The number of hydrogen-bond acceptors (Lipinski definition) is 5. The first kappa shape index (κ1) is 22.5. The zero-order chi connectivity index (χ0) is 22.7. The lowest BCUT2D eigenvalue weighted by atomic mass is 9.85. The van der Waals surface area contributed by atoms with E-state index in [9.17, 15) is 14.0 Å². The number of benzene rings is 1. The number of methoxy groups -OCH3 is 2. The number of amides is 1. The van der Waals surface area contributed by atoms with Crippen LogP contribution in [-0.2, 0) is 9.53 Å². The molecule has 172 valence electrons. The highest BCUT2D eigenvalue weighted by molar-refractivity contribution is 5.79. The van der Waals surface area contributed by atoms with Crippen LogP contribution in [0, 0.1) is 11.7 Å². The zero-order valence-corrected chi connectivity index (χ0v) is 18.6. The minimum atomic E-state index is -0.477.